The molecule has 0 N–H and O–H groups in total. The van der Waals surface area contributed by atoms with Crippen LogP contribution in [-0.2, 0) is 5.41 Å². The van der Waals surface area contributed by atoms with E-state index in [2.05, 4.69) is 51.7 Å². The standard InChI is InChI=1S/C26H26N2OS/c1-15-10-11-17-16-8-7-9-18(23(16)29-24(17)27-15)19-12-13-21-20(28-19)14-22(30-21)26(5,6)25(2,3)4/h7-14H,1-6H3/i1D3. The molecule has 0 saturated heterocycles. The average Bonchev–Trinajstić information content (AvgIpc) is 3.32. The second kappa shape index (κ2) is 6.39. The maximum Gasteiger partial charge on any atom is 0.227 e. The minimum atomic E-state index is -2.28. The third kappa shape index (κ3) is 2.85. The maximum absolute atomic E-state index is 7.64. The van der Waals surface area contributed by atoms with Gasteiger partial charge in [-0.1, -0.05) is 46.8 Å². The van der Waals surface area contributed by atoms with E-state index in [0.717, 1.165) is 32.2 Å². The molecule has 5 aromatic rings. The Kier molecular flexibility index (Phi) is 3.41. The third-order valence-corrected chi connectivity index (χ3v) is 7.92. The van der Waals surface area contributed by atoms with E-state index in [9.17, 15) is 0 Å². The number of aryl methyl sites for hydroxylation is 1. The van der Waals surface area contributed by atoms with E-state index in [0.29, 0.717) is 11.3 Å². The zero-order valence-corrected chi connectivity index (χ0v) is 18.6. The second-order valence-electron chi connectivity index (χ2n) is 9.40. The summed E-state index contributed by atoms with van der Waals surface area (Å²) in [5.74, 6) is 0. The first-order valence-electron chi connectivity index (χ1n) is 11.6. The van der Waals surface area contributed by atoms with Gasteiger partial charge < -0.3 is 4.42 Å². The largest absolute Gasteiger partial charge is 0.437 e. The molecule has 0 fully saturated rings. The zero-order chi connectivity index (χ0) is 23.8. The van der Waals surface area contributed by atoms with Crippen LogP contribution in [0.1, 0.15) is 49.3 Å². The highest BCUT2D eigenvalue weighted by Crippen LogP contribution is 2.45. The van der Waals surface area contributed by atoms with Gasteiger partial charge in [-0.15, -0.1) is 11.3 Å². The van der Waals surface area contributed by atoms with E-state index in [4.69, 9.17) is 13.5 Å². The Balaban J connectivity index is 1.66. The Bertz CT molecular complexity index is 1520. The van der Waals surface area contributed by atoms with Crippen molar-refractivity contribution in [3.05, 3.63) is 59.1 Å². The summed E-state index contributed by atoms with van der Waals surface area (Å²) in [6.45, 7) is 9.10. The highest BCUT2D eigenvalue weighted by Gasteiger charge is 2.36. The number of thiophene rings is 1. The van der Waals surface area contributed by atoms with Crippen LogP contribution in [0.2, 0.25) is 0 Å². The molecular formula is C26H26N2OS. The summed E-state index contributed by atoms with van der Waals surface area (Å²) in [5, 5.41) is 1.69. The van der Waals surface area contributed by atoms with Crippen molar-refractivity contribution in [2.45, 2.75) is 46.9 Å². The number of para-hydroxylation sites is 1. The summed E-state index contributed by atoms with van der Waals surface area (Å²) >= 11 is 1.80. The van der Waals surface area contributed by atoms with Gasteiger partial charge in [0.25, 0.3) is 0 Å². The fourth-order valence-electron chi connectivity index (χ4n) is 3.63. The predicted octanol–water partition coefficient (Wildman–Crippen LogP) is 7.89. The number of hydrogen-bond donors (Lipinski definition) is 0. The summed E-state index contributed by atoms with van der Waals surface area (Å²) in [6.07, 6.45) is 0. The molecule has 4 aromatic heterocycles. The van der Waals surface area contributed by atoms with Crippen LogP contribution >= 0.6 is 11.3 Å². The number of hydrogen-bond acceptors (Lipinski definition) is 4. The highest BCUT2D eigenvalue weighted by molar-refractivity contribution is 7.19. The monoisotopic (exact) mass is 417 g/mol. The molecule has 4 heterocycles. The fraction of sp³-hybridized carbons (Fsp3) is 0.308. The normalized spacial score (nSPS) is 14.9. The maximum atomic E-state index is 7.64. The van der Waals surface area contributed by atoms with E-state index in [1.54, 1.807) is 23.5 Å². The Morgan fingerprint density at radius 3 is 2.53 bits per heavy atom. The van der Waals surface area contributed by atoms with Crippen LogP contribution in [-0.4, -0.2) is 9.97 Å². The van der Waals surface area contributed by atoms with Gasteiger partial charge in [-0.2, -0.15) is 0 Å². The average molecular weight is 418 g/mol. The number of fused-ring (bicyclic) bond motifs is 4. The summed E-state index contributed by atoms with van der Waals surface area (Å²) in [5.41, 5.74) is 3.83. The van der Waals surface area contributed by atoms with Crippen molar-refractivity contribution in [3.63, 3.8) is 0 Å². The molecule has 4 heteroatoms. The van der Waals surface area contributed by atoms with Crippen LogP contribution in [0.4, 0.5) is 0 Å². The number of nitrogens with zero attached hydrogens (tertiary/aromatic N) is 2. The van der Waals surface area contributed by atoms with Crippen molar-refractivity contribution < 1.29 is 8.53 Å². The van der Waals surface area contributed by atoms with Crippen LogP contribution in [0, 0.1) is 12.3 Å². The second-order valence-corrected chi connectivity index (χ2v) is 10.5. The predicted molar refractivity (Wildman–Crippen MR) is 127 cm³/mol. The molecular weight excluding hydrogens is 388 g/mol. The molecule has 0 aliphatic rings. The first-order chi connectivity index (χ1) is 15.4. The Morgan fingerprint density at radius 1 is 0.933 bits per heavy atom. The number of benzene rings is 1. The van der Waals surface area contributed by atoms with Crippen LogP contribution in [0.25, 0.3) is 43.5 Å². The van der Waals surface area contributed by atoms with Crippen molar-refractivity contribution in [2.75, 3.05) is 0 Å². The number of aromatic nitrogens is 2. The molecule has 0 saturated carbocycles. The van der Waals surface area contributed by atoms with Gasteiger partial charge in [0, 0.05) is 36.4 Å². The topological polar surface area (TPSA) is 38.9 Å². The van der Waals surface area contributed by atoms with Crippen molar-refractivity contribution in [2.24, 2.45) is 5.41 Å². The van der Waals surface area contributed by atoms with Gasteiger partial charge in [-0.25, -0.2) is 9.97 Å². The molecule has 0 spiro atoms. The number of pyridine rings is 2. The van der Waals surface area contributed by atoms with Crippen molar-refractivity contribution in [3.8, 4) is 11.3 Å². The van der Waals surface area contributed by atoms with Gasteiger partial charge in [-0.3, -0.25) is 0 Å². The minimum absolute atomic E-state index is 0.0173. The third-order valence-electron chi connectivity index (χ3n) is 6.50. The molecule has 3 nitrogen and oxygen atoms in total. The summed E-state index contributed by atoms with van der Waals surface area (Å²) in [6, 6.07) is 15.6. The first-order valence-corrected chi connectivity index (χ1v) is 10.9. The molecule has 0 aliphatic heterocycles. The SMILES string of the molecule is [2H]C([2H])([2H])c1ccc2c(n1)oc1c(-c3ccc4sc(C(C)(C)C(C)(C)C)cc4n3)cccc12. The molecule has 0 bridgehead atoms. The van der Waals surface area contributed by atoms with Gasteiger partial charge in [0.15, 0.2) is 0 Å². The molecule has 0 amide bonds. The van der Waals surface area contributed by atoms with Crippen LogP contribution in [0.5, 0.6) is 0 Å². The van der Waals surface area contributed by atoms with Gasteiger partial charge in [0.2, 0.25) is 5.71 Å². The molecule has 0 unspecified atom stereocenters. The lowest BCUT2D eigenvalue weighted by molar-refractivity contribution is 0.230. The number of rotatable bonds is 2. The van der Waals surface area contributed by atoms with Crippen molar-refractivity contribution >= 4 is 43.6 Å². The fourth-order valence-corrected chi connectivity index (χ4v) is 4.95. The van der Waals surface area contributed by atoms with E-state index in [1.807, 2.05) is 24.3 Å². The van der Waals surface area contributed by atoms with Crippen LogP contribution < -0.4 is 0 Å². The minimum Gasteiger partial charge on any atom is -0.437 e. The quantitative estimate of drug-likeness (QED) is 0.293. The Hall–Kier alpha value is -2.72. The molecule has 0 atom stereocenters. The van der Waals surface area contributed by atoms with Crippen molar-refractivity contribution in [1.82, 2.24) is 9.97 Å². The lowest BCUT2D eigenvalue weighted by Crippen LogP contribution is -2.32. The zero-order valence-electron chi connectivity index (χ0n) is 20.8. The Labute approximate surface area is 185 Å². The molecule has 1 aromatic carbocycles. The lowest BCUT2D eigenvalue weighted by Gasteiger charge is -2.38. The Morgan fingerprint density at radius 2 is 1.77 bits per heavy atom. The van der Waals surface area contributed by atoms with Gasteiger partial charge >= 0.3 is 0 Å². The van der Waals surface area contributed by atoms with Crippen LogP contribution in [0.3, 0.4) is 0 Å². The molecule has 0 radical (unpaired) electrons. The van der Waals surface area contributed by atoms with Crippen molar-refractivity contribution in [1.29, 1.82) is 0 Å². The molecule has 0 aliphatic carbocycles. The molecule has 30 heavy (non-hydrogen) atoms. The van der Waals surface area contributed by atoms with E-state index >= 15 is 0 Å². The van der Waals surface area contributed by atoms with Gasteiger partial charge in [-0.05, 0) is 48.7 Å². The summed E-state index contributed by atoms with van der Waals surface area (Å²) in [4.78, 5) is 10.6. The molecule has 152 valence electrons. The first kappa shape index (κ1) is 16.0. The summed E-state index contributed by atoms with van der Waals surface area (Å²) < 4.78 is 30.2. The van der Waals surface area contributed by atoms with Gasteiger partial charge in [0.05, 0.1) is 15.9 Å². The molecule has 5 rings (SSSR count). The number of furan rings is 1. The van der Waals surface area contributed by atoms with Crippen LogP contribution in [0.15, 0.2) is 52.9 Å². The highest BCUT2D eigenvalue weighted by atomic mass is 32.1. The van der Waals surface area contributed by atoms with E-state index < -0.39 is 6.85 Å². The summed E-state index contributed by atoms with van der Waals surface area (Å²) in [7, 11) is 0. The smallest absolute Gasteiger partial charge is 0.227 e. The van der Waals surface area contributed by atoms with Gasteiger partial charge in [0.1, 0.15) is 5.58 Å². The van der Waals surface area contributed by atoms with E-state index in [1.165, 1.54) is 4.88 Å². The lowest BCUT2D eigenvalue weighted by atomic mass is 9.68. The van der Waals surface area contributed by atoms with E-state index in [-0.39, 0.29) is 16.5 Å².